The standard InChI is InChI=1S/C12H20N2O3/c1-8(17-3)4-13-6-11-10(7-15)5-14-9(2)12(11)16/h5,8,13,15-16H,4,6-7H2,1-3H3. The molecular formula is C12H20N2O3. The molecule has 0 spiro atoms. The van der Waals surface area contributed by atoms with Crippen LogP contribution in [0.15, 0.2) is 6.20 Å². The maximum Gasteiger partial charge on any atom is 0.141 e. The van der Waals surface area contributed by atoms with Crippen molar-refractivity contribution < 1.29 is 14.9 Å². The SMILES string of the molecule is COC(C)CNCc1c(CO)cnc(C)c1O. The molecule has 1 unspecified atom stereocenters. The van der Waals surface area contributed by atoms with Crippen molar-refractivity contribution in [1.82, 2.24) is 10.3 Å². The fraction of sp³-hybridized carbons (Fsp3) is 0.583. The first-order valence-electron chi connectivity index (χ1n) is 5.60. The average molecular weight is 240 g/mol. The van der Waals surface area contributed by atoms with E-state index >= 15 is 0 Å². The number of aromatic nitrogens is 1. The van der Waals surface area contributed by atoms with Gasteiger partial charge in [-0.15, -0.1) is 0 Å². The topological polar surface area (TPSA) is 74.6 Å². The van der Waals surface area contributed by atoms with Crippen molar-refractivity contribution in [3.05, 3.63) is 23.0 Å². The number of aliphatic hydroxyl groups is 1. The second-order valence-corrected chi connectivity index (χ2v) is 4.03. The lowest BCUT2D eigenvalue weighted by Gasteiger charge is -2.14. The molecule has 1 rings (SSSR count). The van der Waals surface area contributed by atoms with Gasteiger partial charge in [-0.05, 0) is 13.8 Å². The fourth-order valence-electron chi connectivity index (χ4n) is 1.50. The van der Waals surface area contributed by atoms with E-state index in [1.807, 2.05) is 6.92 Å². The summed E-state index contributed by atoms with van der Waals surface area (Å²) in [5, 5.41) is 22.2. The molecule has 0 aliphatic carbocycles. The highest BCUT2D eigenvalue weighted by atomic mass is 16.5. The molecule has 0 saturated heterocycles. The van der Waals surface area contributed by atoms with Gasteiger partial charge in [-0.1, -0.05) is 0 Å². The Balaban J connectivity index is 2.72. The molecule has 0 aromatic carbocycles. The number of aryl methyl sites for hydroxylation is 1. The molecule has 0 fully saturated rings. The summed E-state index contributed by atoms with van der Waals surface area (Å²) in [6.45, 7) is 4.73. The quantitative estimate of drug-likeness (QED) is 0.683. The third kappa shape index (κ3) is 3.66. The van der Waals surface area contributed by atoms with Gasteiger partial charge in [0, 0.05) is 37.5 Å². The lowest BCUT2D eigenvalue weighted by molar-refractivity contribution is 0.117. The molecule has 96 valence electrons. The van der Waals surface area contributed by atoms with Gasteiger partial charge >= 0.3 is 0 Å². The molecule has 1 atom stereocenters. The molecule has 0 amide bonds. The number of nitrogens with zero attached hydrogens (tertiary/aromatic N) is 1. The molecular weight excluding hydrogens is 220 g/mol. The van der Waals surface area contributed by atoms with Crippen LogP contribution in [0.3, 0.4) is 0 Å². The minimum absolute atomic E-state index is 0.109. The first kappa shape index (κ1) is 13.9. The number of hydrogen-bond acceptors (Lipinski definition) is 5. The first-order valence-corrected chi connectivity index (χ1v) is 5.60. The van der Waals surface area contributed by atoms with Gasteiger partial charge in [0.25, 0.3) is 0 Å². The van der Waals surface area contributed by atoms with Crippen molar-refractivity contribution in [2.75, 3.05) is 13.7 Å². The minimum Gasteiger partial charge on any atom is -0.506 e. The van der Waals surface area contributed by atoms with Crippen LogP contribution in [0.25, 0.3) is 0 Å². The largest absolute Gasteiger partial charge is 0.506 e. The molecule has 0 aliphatic rings. The smallest absolute Gasteiger partial charge is 0.141 e. The second-order valence-electron chi connectivity index (χ2n) is 4.03. The van der Waals surface area contributed by atoms with Crippen molar-refractivity contribution in [3.63, 3.8) is 0 Å². The summed E-state index contributed by atoms with van der Waals surface area (Å²) in [5.41, 5.74) is 1.91. The Kier molecular flexibility index (Phi) is 5.34. The van der Waals surface area contributed by atoms with Crippen molar-refractivity contribution in [2.45, 2.75) is 33.1 Å². The summed E-state index contributed by atoms with van der Waals surface area (Å²) in [6.07, 6.45) is 1.70. The average Bonchev–Trinajstić information content (AvgIpc) is 2.34. The van der Waals surface area contributed by atoms with Gasteiger partial charge in [0.1, 0.15) is 5.75 Å². The molecule has 5 heteroatoms. The number of pyridine rings is 1. The van der Waals surface area contributed by atoms with Gasteiger partial charge in [0.05, 0.1) is 18.4 Å². The molecule has 1 aromatic heterocycles. The molecule has 3 N–H and O–H groups in total. The van der Waals surface area contributed by atoms with Gasteiger partial charge < -0.3 is 20.3 Å². The van der Waals surface area contributed by atoms with Crippen molar-refractivity contribution >= 4 is 0 Å². The Morgan fingerprint density at radius 2 is 2.24 bits per heavy atom. The Morgan fingerprint density at radius 3 is 2.82 bits per heavy atom. The summed E-state index contributed by atoms with van der Waals surface area (Å²) < 4.78 is 5.11. The summed E-state index contributed by atoms with van der Waals surface area (Å²) in [7, 11) is 1.65. The lowest BCUT2D eigenvalue weighted by atomic mass is 10.1. The molecule has 1 heterocycles. The predicted molar refractivity (Wildman–Crippen MR) is 64.7 cm³/mol. The molecule has 0 radical (unpaired) electrons. The second kappa shape index (κ2) is 6.54. The molecule has 0 bridgehead atoms. The number of methoxy groups -OCH3 is 1. The van der Waals surface area contributed by atoms with E-state index in [2.05, 4.69) is 10.3 Å². The van der Waals surface area contributed by atoms with E-state index in [1.165, 1.54) is 0 Å². The van der Waals surface area contributed by atoms with E-state index in [0.29, 0.717) is 29.9 Å². The third-order valence-corrected chi connectivity index (χ3v) is 2.74. The Labute approximate surface area is 101 Å². The number of rotatable bonds is 6. The Bertz CT molecular complexity index is 369. The number of nitrogens with one attached hydrogen (secondary N) is 1. The van der Waals surface area contributed by atoms with Crippen molar-refractivity contribution in [3.8, 4) is 5.75 Å². The minimum atomic E-state index is -0.127. The number of aromatic hydroxyl groups is 1. The highest BCUT2D eigenvalue weighted by molar-refractivity contribution is 5.40. The zero-order valence-electron chi connectivity index (χ0n) is 10.5. The van der Waals surface area contributed by atoms with Gasteiger partial charge in [0.15, 0.2) is 0 Å². The van der Waals surface area contributed by atoms with Crippen LogP contribution < -0.4 is 5.32 Å². The third-order valence-electron chi connectivity index (χ3n) is 2.74. The van der Waals surface area contributed by atoms with Crippen LogP contribution in [0.2, 0.25) is 0 Å². The van der Waals surface area contributed by atoms with E-state index < -0.39 is 0 Å². The normalized spacial score (nSPS) is 12.7. The summed E-state index contributed by atoms with van der Waals surface area (Å²) in [5.74, 6) is 0.147. The van der Waals surface area contributed by atoms with Gasteiger partial charge in [-0.25, -0.2) is 0 Å². The number of aliphatic hydroxyl groups excluding tert-OH is 1. The molecule has 5 nitrogen and oxygen atoms in total. The van der Waals surface area contributed by atoms with E-state index in [9.17, 15) is 10.2 Å². The maximum absolute atomic E-state index is 9.89. The monoisotopic (exact) mass is 240 g/mol. The van der Waals surface area contributed by atoms with Crippen LogP contribution in [0, 0.1) is 6.92 Å². The van der Waals surface area contributed by atoms with Crippen LogP contribution in [0.1, 0.15) is 23.7 Å². The molecule has 0 aliphatic heterocycles. The van der Waals surface area contributed by atoms with Gasteiger partial charge in [0.2, 0.25) is 0 Å². The highest BCUT2D eigenvalue weighted by Crippen LogP contribution is 2.23. The van der Waals surface area contributed by atoms with Crippen molar-refractivity contribution in [2.24, 2.45) is 0 Å². The van der Waals surface area contributed by atoms with Crippen LogP contribution in [-0.2, 0) is 17.9 Å². The van der Waals surface area contributed by atoms with E-state index in [4.69, 9.17) is 4.74 Å². The summed E-state index contributed by atoms with van der Waals surface area (Å²) in [4.78, 5) is 4.01. The molecule has 17 heavy (non-hydrogen) atoms. The number of ether oxygens (including phenoxy) is 1. The zero-order valence-corrected chi connectivity index (χ0v) is 10.5. The van der Waals surface area contributed by atoms with Crippen LogP contribution in [0.5, 0.6) is 5.75 Å². The van der Waals surface area contributed by atoms with Crippen LogP contribution >= 0.6 is 0 Å². The van der Waals surface area contributed by atoms with Crippen LogP contribution in [0.4, 0.5) is 0 Å². The summed E-state index contributed by atoms with van der Waals surface area (Å²) >= 11 is 0. The molecule has 0 saturated carbocycles. The van der Waals surface area contributed by atoms with E-state index in [1.54, 1.807) is 20.2 Å². The predicted octanol–water partition coefficient (Wildman–Crippen LogP) is 0.712. The first-order chi connectivity index (χ1) is 8.10. The van der Waals surface area contributed by atoms with Crippen molar-refractivity contribution in [1.29, 1.82) is 0 Å². The van der Waals surface area contributed by atoms with E-state index in [0.717, 1.165) is 0 Å². The van der Waals surface area contributed by atoms with Gasteiger partial charge in [-0.2, -0.15) is 0 Å². The van der Waals surface area contributed by atoms with Crippen LogP contribution in [-0.4, -0.2) is 35.0 Å². The zero-order chi connectivity index (χ0) is 12.8. The van der Waals surface area contributed by atoms with Gasteiger partial charge in [-0.3, -0.25) is 4.98 Å². The lowest BCUT2D eigenvalue weighted by Crippen LogP contribution is -2.26. The Morgan fingerprint density at radius 1 is 1.53 bits per heavy atom. The highest BCUT2D eigenvalue weighted by Gasteiger charge is 2.11. The Hall–Kier alpha value is -1.17. The van der Waals surface area contributed by atoms with E-state index in [-0.39, 0.29) is 18.5 Å². The summed E-state index contributed by atoms with van der Waals surface area (Å²) in [6, 6.07) is 0. The maximum atomic E-state index is 9.89. The number of hydrogen-bond donors (Lipinski definition) is 3. The molecule has 1 aromatic rings. The fourth-order valence-corrected chi connectivity index (χ4v) is 1.50.